The minimum atomic E-state index is -0.816. The zero-order chi connectivity index (χ0) is 34.4. The lowest BCUT2D eigenvalue weighted by Crippen LogP contribution is -2.28. The van der Waals surface area contributed by atoms with Crippen LogP contribution in [0.4, 0.5) is 11.9 Å². The van der Waals surface area contributed by atoms with Gasteiger partial charge in [-0.1, -0.05) is 13.5 Å². The van der Waals surface area contributed by atoms with Crippen LogP contribution in [0.25, 0.3) is 0 Å². The number of aromatic nitrogens is 6. The van der Waals surface area contributed by atoms with Crippen LogP contribution in [0.15, 0.2) is 45.1 Å². The van der Waals surface area contributed by atoms with Gasteiger partial charge in [-0.15, -0.1) is 0 Å². The smallest absolute Gasteiger partial charge is 0.354 e. The van der Waals surface area contributed by atoms with Gasteiger partial charge in [0.1, 0.15) is 31.2 Å². The van der Waals surface area contributed by atoms with Crippen LogP contribution in [0.3, 0.4) is 0 Å². The van der Waals surface area contributed by atoms with Gasteiger partial charge in [-0.3, -0.25) is 13.9 Å². The fourth-order valence-corrected chi connectivity index (χ4v) is 3.95. The first kappa shape index (κ1) is 37.8. The molecule has 2 unspecified atom stereocenters. The van der Waals surface area contributed by atoms with Gasteiger partial charge >= 0.3 is 17.3 Å². The Morgan fingerprint density at radius 1 is 0.957 bits per heavy atom. The van der Waals surface area contributed by atoms with Crippen molar-refractivity contribution in [3.8, 4) is 0 Å². The van der Waals surface area contributed by atoms with Gasteiger partial charge in [0.15, 0.2) is 0 Å². The molecule has 0 saturated carbocycles. The molecule has 0 bridgehead atoms. The summed E-state index contributed by atoms with van der Waals surface area (Å²) < 4.78 is 17.6. The maximum Gasteiger partial charge on any atom is 0.354 e. The second-order valence-electron chi connectivity index (χ2n) is 10.3. The van der Waals surface area contributed by atoms with Crippen molar-refractivity contribution in [1.29, 1.82) is 0 Å². The van der Waals surface area contributed by atoms with Crippen molar-refractivity contribution in [1.82, 2.24) is 38.9 Å². The van der Waals surface area contributed by atoms with E-state index in [1.807, 2.05) is 21.0 Å². The molecule has 0 aliphatic carbocycles. The van der Waals surface area contributed by atoms with Crippen LogP contribution < -0.4 is 11.4 Å². The Hall–Kier alpha value is -4.43. The van der Waals surface area contributed by atoms with Gasteiger partial charge in [0.25, 0.3) is 11.9 Å². The molecule has 6 atom stereocenters. The molecule has 2 aliphatic heterocycles. The molecule has 0 radical (unpaired) electrons. The van der Waals surface area contributed by atoms with E-state index >= 15 is 0 Å². The first-order valence-corrected chi connectivity index (χ1v) is 14.2. The minimum Gasteiger partial charge on any atom is -0.435 e. The Kier molecular flexibility index (Phi) is 15.2. The van der Waals surface area contributed by atoms with Crippen LogP contribution in [0, 0.1) is 0 Å². The second-order valence-corrected chi connectivity index (χ2v) is 10.3. The zero-order valence-corrected chi connectivity index (χ0v) is 26.6. The number of hydrogen-bond acceptors (Lipinski definition) is 15. The topological polar surface area (TPSA) is 232 Å². The summed E-state index contributed by atoms with van der Waals surface area (Å²) in [4.78, 5) is 60.3. The fraction of sp³-hybridized carbons (Fsp3) is 0.593. The van der Waals surface area contributed by atoms with E-state index < -0.39 is 42.1 Å². The summed E-state index contributed by atoms with van der Waals surface area (Å²) in [5.41, 5.74) is -1.05. The quantitative estimate of drug-likeness (QED) is 0.129. The average molecular weight is 651 g/mol. The third-order valence-corrected chi connectivity index (χ3v) is 6.10. The molecule has 0 spiro atoms. The summed E-state index contributed by atoms with van der Waals surface area (Å²) in [7, 11) is 7.19. The molecule has 4 heterocycles. The van der Waals surface area contributed by atoms with Crippen molar-refractivity contribution in [3.05, 3.63) is 46.5 Å². The van der Waals surface area contributed by atoms with Crippen molar-refractivity contribution >= 4 is 30.5 Å². The van der Waals surface area contributed by atoms with Crippen molar-refractivity contribution < 1.29 is 34.3 Å². The van der Waals surface area contributed by atoms with Gasteiger partial charge in [0.2, 0.25) is 0 Å². The highest BCUT2D eigenvalue weighted by molar-refractivity contribution is 5.66. The maximum atomic E-state index is 11.9. The van der Waals surface area contributed by atoms with E-state index in [1.54, 1.807) is 23.9 Å². The number of carbonyl (C=O) groups is 1. The highest BCUT2D eigenvalue weighted by atomic mass is 16.5. The molecule has 2 saturated heterocycles. The summed E-state index contributed by atoms with van der Waals surface area (Å²) in [5, 5.41) is 28.5. The van der Waals surface area contributed by atoms with Crippen LogP contribution in [0.2, 0.25) is 0 Å². The van der Waals surface area contributed by atoms with Crippen LogP contribution in [-0.4, -0.2) is 132 Å². The summed E-state index contributed by atoms with van der Waals surface area (Å²) in [6, 6.07) is 0. The van der Waals surface area contributed by atoms with Gasteiger partial charge < -0.3 is 39.3 Å². The monoisotopic (exact) mass is 650 g/mol. The second kappa shape index (κ2) is 18.5. The lowest BCUT2D eigenvalue weighted by atomic mass is 10.1. The van der Waals surface area contributed by atoms with Crippen LogP contribution in [0.1, 0.15) is 45.6 Å². The minimum absolute atomic E-state index is 0.0530. The van der Waals surface area contributed by atoms with Crippen molar-refractivity contribution in [2.45, 2.75) is 70.0 Å². The molecule has 0 amide bonds. The Labute approximate surface area is 265 Å². The van der Waals surface area contributed by atoms with Gasteiger partial charge in [-0.2, -0.15) is 9.97 Å². The largest absolute Gasteiger partial charge is 0.435 e. The predicted octanol–water partition coefficient (Wildman–Crippen LogP) is -0.888. The summed E-state index contributed by atoms with van der Waals surface area (Å²) >= 11 is 0. The standard InChI is InChI=1S/C12H19N5O3.C11H17N5O4.C4H6O2/c1-4-9-8(18)5-10(20-9)17-7-14-11(15-12(17)19)13-6-16(2)3;1-15(2)5-12-10-13-6-16(11(19)14-10)9-3-7(18)8(4-17)20-9;1-3-6-4(2)5/h6-10,18H,4-5H2,1-3H3;5-9,17-18H,3-4H2,1-2H3;3H,1H2,2H3/t8?,9-,10-;7?,8-,9-;/m11./s1. The number of rotatable bonds is 9. The van der Waals surface area contributed by atoms with E-state index in [1.165, 1.54) is 41.4 Å². The number of ether oxygens (including phenoxy) is 3. The summed E-state index contributed by atoms with van der Waals surface area (Å²) in [6.07, 6.45) is 4.46. The number of aliphatic imine (C=N–C) groups is 2. The molecule has 19 nitrogen and oxygen atoms in total. The molecule has 0 aromatic carbocycles. The van der Waals surface area contributed by atoms with Crippen LogP contribution in [0.5, 0.6) is 0 Å². The number of aliphatic hydroxyl groups is 3. The first-order chi connectivity index (χ1) is 21.8. The molecule has 4 rings (SSSR count). The number of hydrogen-bond donors (Lipinski definition) is 3. The molecular weight excluding hydrogens is 608 g/mol. The number of esters is 1. The number of nitrogens with zero attached hydrogens (tertiary/aromatic N) is 10. The molecular formula is C27H42N10O9. The van der Waals surface area contributed by atoms with E-state index in [0.717, 1.165) is 6.26 Å². The van der Waals surface area contributed by atoms with Gasteiger partial charge in [-0.05, 0) is 6.42 Å². The maximum absolute atomic E-state index is 11.9. The zero-order valence-electron chi connectivity index (χ0n) is 26.6. The molecule has 46 heavy (non-hydrogen) atoms. The molecule has 2 aromatic rings. The van der Waals surface area contributed by atoms with Crippen molar-refractivity contribution in [3.63, 3.8) is 0 Å². The molecule has 3 N–H and O–H groups in total. The van der Waals surface area contributed by atoms with E-state index in [0.29, 0.717) is 12.8 Å². The average Bonchev–Trinajstić information content (AvgIpc) is 3.56. The van der Waals surface area contributed by atoms with Gasteiger partial charge in [0, 0.05) is 48.0 Å². The fourth-order valence-electron chi connectivity index (χ4n) is 3.95. The number of aliphatic hydroxyl groups excluding tert-OH is 3. The Morgan fingerprint density at radius 3 is 1.67 bits per heavy atom. The van der Waals surface area contributed by atoms with Gasteiger partial charge in [-0.25, -0.2) is 29.5 Å². The predicted molar refractivity (Wildman–Crippen MR) is 165 cm³/mol. The Balaban J connectivity index is 0.000000273. The lowest BCUT2D eigenvalue weighted by molar-refractivity contribution is -0.135. The number of carbonyl (C=O) groups excluding carboxylic acids is 1. The third kappa shape index (κ3) is 11.8. The Morgan fingerprint density at radius 2 is 1.39 bits per heavy atom. The summed E-state index contributed by atoms with van der Waals surface area (Å²) in [6.45, 7) is 6.10. The van der Waals surface area contributed by atoms with Crippen molar-refractivity contribution in [2.24, 2.45) is 9.98 Å². The molecule has 2 aromatic heterocycles. The molecule has 2 fully saturated rings. The van der Waals surface area contributed by atoms with Crippen LogP contribution in [-0.2, 0) is 19.0 Å². The lowest BCUT2D eigenvalue weighted by Gasteiger charge is -2.13. The van der Waals surface area contributed by atoms with Crippen molar-refractivity contribution in [2.75, 3.05) is 34.8 Å². The van der Waals surface area contributed by atoms with Gasteiger partial charge in [0.05, 0.1) is 43.9 Å². The first-order valence-electron chi connectivity index (χ1n) is 14.2. The molecule has 2 aliphatic rings. The SMILES string of the molecule is C=COC(C)=O.CC[C@H]1O[C@@H](n2cnc(N=CN(C)C)nc2=O)CC1O.CN(C)C=Nc1ncn([C@H]2CC(O)[C@@H](CO)O2)c(=O)n1. The van der Waals surface area contributed by atoms with E-state index in [2.05, 4.69) is 41.2 Å². The van der Waals surface area contributed by atoms with E-state index in [9.17, 15) is 24.6 Å². The third-order valence-electron chi connectivity index (χ3n) is 6.10. The highest BCUT2D eigenvalue weighted by Gasteiger charge is 2.35. The van der Waals surface area contributed by atoms with E-state index in [-0.39, 0.29) is 37.0 Å². The van der Waals surface area contributed by atoms with Crippen LogP contribution >= 0.6 is 0 Å². The summed E-state index contributed by atoms with van der Waals surface area (Å²) in [5.74, 6) is -0.173. The normalized spacial score (nSPS) is 23.8. The van der Waals surface area contributed by atoms with E-state index in [4.69, 9.17) is 14.6 Å². The molecule has 19 heteroatoms. The Bertz CT molecular complexity index is 1350. The molecule has 254 valence electrons. The highest BCUT2D eigenvalue weighted by Crippen LogP contribution is 2.29.